The third kappa shape index (κ3) is 3.95. The average molecular weight is 418 g/mol. The maximum atomic E-state index is 12.7. The number of sulfonamides is 1. The van der Waals surface area contributed by atoms with Crippen molar-refractivity contribution in [1.29, 1.82) is 0 Å². The third-order valence-electron chi connectivity index (χ3n) is 4.15. The minimum absolute atomic E-state index is 0.213. The van der Waals surface area contributed by atoms with Crippen LogP contribution in [0.25, 0.3) is 22.6 Å². The molecule has 0 saturated heterocycles. The second kappa shape index (κ2) is 6.93. The summed E-state index contributed by atoms with van der Waals surface area (Å²) in [6.45, 7) is 0. The molecule has 148 valence electrons. The summed E-state index contributed by atoms with van der Waals surface area (Å²) < 4.78 is 71.0. The molecule has 0 bridgehead atoms. The summed E-state index contributed by atoms with van der Waals surface area (Å²) in [5, 5.41) is 0. The minimum atomic E-state index is -4.54. The lowest BCUT2D eigenvalue weighted by Crippen LogP contribution is -2.13. The molecule has 5 nitrogen and oxygen atoms in total. The smallest absolute Gasteiger partial charge is 0.416 e. The first-order valence-electron chi connectivity index (χ1n) is 8.38. The molecule has 0 fully saturated rings. The standard InChI is InChI=1S/C20H13F3N2O3S/c21-20(22,23)14-6-9-16(10-7-14)29(26,27)25-15-8-11-18-17(12-15)24-19(28-18)13-4-2-1-3-5-13/h1-12,25H. The molecule has 0 aliphatic rings. The zero-order valence-corrected chi connectivity index (χ0v) is 15.5. The van der Waals surface area contributed by atoms with E-state index in [4.69, 9.17) is 4.42 Å². The van der Waals surface area contributed by atoms with Crippen LogP contribution < -0.4 is 4.72 Å². The Morgan fingerprint density at radius 2 is 1.59 bits per heavy atom. The number of benzene rings is 3. The first-order valence-corrected chi connectivity index (χ1v) is 9.87. The monoisotopic (exact) mass is 418 g/mol. The molecule has 1 heterocycles. The number of nitrogens with zero attached hydrogens (tertiary/aromatic N) is 1. The van der Waals surface area contributed by atoms with Crippen molar-refractivity contribution in [2.45, 2.75) is 11.1 Å². The number of anilines is 1. The first kappa shape index (κ1) is 19.0. The maximum absolute atomic E-state index is 12.7. The van der Waals surface area contributed by atoms with E-state index in [1.165, 1.54) is 12.1 Å². The van der Waals surface area contributed by atoms with Gasteiger partial charge in [-0.15, -0.1) is 0 Å². The Morgan fingerprint density at radius 3 is 2.24 bits per heavy atom. The number of aromatic nitrogens is 1. The van der Waals surface area contributed by atoms with E-state index < -0.39 is 21.8 Å². The number of nitrogens with one attached hydrogen (secondary N) is 1. The second-order valence-corrected chi connectivity index (χ2v) is 7.88. The predicted molar refractivity (Wildman–Crippen MR) is 102 cm³/mol. The molecule has 0 unspecified atom stereocenters. The summed E-state index contributed by atoms with van der Waals surface area (Å²) in [6, 6.07) is 17.0. The lowest BCUT2D eigenvalue weighted by Gasteiger charge is -2.10. The fraction of sp³-hybridized carbons (Fsp3) is 0.0500. The van der Waals surface area contributed by atoms with E-state index in [1.807, 2.05) is 30.3 Å². The molecular formula is C20H13F3N2O3S. The number of halogens is 3. The summed E-state index contributed by atoms with van der Waals surface area (Å²) in [4.78, 5) is 4.08. The lowest BCUT2D eigenvalue weighted by molar-refractivity contribution is -0.137. The number of rotatable bonds is 4. The molecule has 0 amide bonds. The van der Waals surface area contributed by atoms with Gasteiger partial charge in [-0.05, 0) is 54.6 Å². The van der Waals surface area contributed by atoms with Crippen LogP contribution in [-0.4, -0.2) is 13.4 Å². The van der Waals surface area contributed by atoms with Crippen LogP contribution in [0.5, 0.6) is 0 Å². The van der Waals surface area contributed by atoms with Gasteiger partial charge in [0, 0.05) is 5.56 Å². The highest BCUT2D eigenvalue weighted by Gasteiger charge is 2.30. The van der Waals surface area contributed by atoms with Gasteiger partial charge < -0.3 is 4.42 Å². The Kier molecular flexibility index (Phi) is 4.54. The molecular weight excluding hydrogens is 405 g/mol. The Morgan fingerprint density at radius 1 is 0.897 bits per heavy atom. The zero-order valence-electron chi connectivity index (χ0n) is 14.6. The zero-order chi connectivity index (χ0) is 20.6. The van der Waals surface area contributed by atoms with Gasteiger partial charge in [-0.25, -0.2) is 13.4 Å². The van der Waals surface area contributed by atoms with E-state index in [1.54, 1.807) is 6.07 Å². The number of hydrogen-bond donors (Lipinski definition) is 1. The fourth-order valence-corrected chi connectivity index (χ4v) is 3.78. The van der Waals surface area contributed by atoms with Gasteiger partial charge in [-0.2, -0.15) is 13.2 Å². The number of hydrogen-bond acceptors (Lipinski definition) is 4. The molecule has 0 aliphatic heterocycles. The van der Waals surface area contributed by atoms with Crippen LogP contribution in [0.3, 0.4) is 0 Å². The van der Waals surface area contributed by atoms with Crippen molar-refractivity contribution < 1.29 is 26.0 Å². The van der Waals surface area contributed by atoms with Crippen LogP contribution in [0.4, 0.5) is 18.9 Å². The molecule has 0 aliphatic carbocycles. The quantitative estimate of drug-likeness (QED) is 0.487. The topological polar surface area (TPSA) is 72.2 Å². The van der Waals surface area contributed by atoms with Crippen molar-refractivity contribution in [3.05, 3.63) is 78.4 Å². The highest BCUT2D eigenvalue weighted by molar-refractivity contribution is 7.92. The molecule has 3 aromatic carbocycles. The van der Waals surface area contributed by atoms with Crippen LogP contribution in [0.1, 0.15) is 5.56 Å². The summed E-state index contributed by atoms with van der Waals surface area (Å²) in [7, 11) is -4.07. The molecule has 0 atom stereocenters. The van der Waals surface area contributed by atoms with Crippen LogP contribution in [0, 0.1) is 0 Å². The van der Waals surface area contributed by atoms with Crippen molar-refractivity contribution in [2.24, 2.45) is 0 Å². The molecule has 0 saturated carbocycles. The first-order chi connectivity index (χ1) is 13.7. The SMILES string of the molecule is O=S(=O)(Nc1ccc2oc(-c3ccccc3)nc2c1)c1ccc(C(F)(F)F)cc1. The van der Waals surface area contributed by atoms with Crippen LogP contribution in [0.2, 0.25) is 0 Å². The van der Waals surface area contributed by atoms with Crippen LogP contribution >= 0.6 is 0 Å². The van der Waals surface area contributed by atoms with Gasteiger partial charge >= 0.3 is 6.18 Å². The Balaban J connectivity index is 1.61. The summed E-state index contributed by atoms with van der Waals surface area (Å²) >= 11 is 0. The Hall–Kier alpha value is -3.33. The van der Waals surface area contributed by atoms with Crippen molar-refractivity contribution >= 4 is 26.8 Å². The van der Waals surface area contributed by atoms with Crippen molar-refractivity contribution in [1.82, 2.24) is 4.98 Å². The van der Waals surface area contributed by atoms with Crippen molar-refractivity contribution in [3.8, 4) is 11.5 Å². The Labute approximate surface area is 163 Å². The molecule has 4 rings (SSSR count). The Bertz CT molecular complexity index is 1270. The maximum Gasteiger partial charge on any atom is 0.416 e. The molecule has 0 radical (unpaired) electrons. The molecule has 29 heavy (non-hydrogen) atoms. The van der Waals surface area contributed by atoms with Crippen LogP contribution in [0.15, 0.2) is 82.1 Å². The van der Waals surface area contributed by atoms with Gasteiger partial charge in [0.15, 0.2) is 5.58 Å². The van der Waals surface area contributed by atoms with Gasteiger partial charge in [0.2, 0.25) is 5.89 Å². The summed E-state index contributed by atoms with van der Waals surface area (Å²) in [6.07, 6.45) is -4.54. The highest BCUT2D eigenvalue weighted by atomic mass is 32.2. The largest absolute Gasteiger partial charge is 0.436 e. The average Bonchev–Trinajstić information content (AvgIpc) is 3.11. The van der Waals surface area contributed by atoms with Gasteiger partial charge in [-0.3, -0.25) is 4.72 Å². The molecule has 0 spiro atoms. The fourth-order valence-electron chi connectivity index (χ4n) is 2.73. The second-order valence-electron chi connectivity index (χ2n) is 6.20. The normalized spacial score (nSPS) is 12.2. The van der Waals surface area contributed by atoms with E-state index in [-0.39, 0.29) is 10.6 Å². The molecule has 4 aromatic rings. The summed E-state index contributed by atoms with van der Waals surface area (Å²) in [5.74, 6) is 0.392. The number of oxazole rings is 1. The van der Waals surface area contributed by atoms with E-state index in [0.717, 1.165) is 29.8 Å². The highest BCUT2D eigenvalue weighted by Crippen LogP contribution is 2.30. The van der Waals surface area contributed by atoms with Crippen LogP contribution in [-0.2, 0) is 16.2 Å². The van der Waals surface area contributed by atoms with E-state index in [9.17, 15) is 21.6 Å². The number of fused-ring (bicyclic) bond motifs is 1. The minimum Gasteiger partial charge on any atom is -0.436 e. The van der Waals surface area contributed by atoms with E-state index in [2.05, 4.69) is 9.71 Å². The molecule has 1 N–H and O–H groups in total. The summed E-state index contributed by atoms with van der Waals surface area (Å²) in [5.41, 5.74) is 0.979. The predicted octanol–water partition coefficient (Wildman–Crippen LogP) is 5.31. The van der Waals surface area contributed by atoms with E-state index >= 15 is 0 Å². The van der Waals surface area contributed by atoms with E-state index in [0.29, 0.717) is 17.0 Å². The van der Waals surface area contributed by atoms with Gasteiger partial charge in [0.05, 0.1) is 16.1 Å². The van der Waals surface area contributed by atoms with Crippen molar-refractivity contribution in [3.63, 3.8) is 0 Å². The van der Waals surface area contributed by atoms with Gasteiger partial charge in [-0.1, -0.05) is 18.2 Å². The lowest BCUT2D eigenvalue weighted by atomic mass is 10.2. The van der Waals surface area contributed by atoms with Gasteiger partial charge in [0.25, 0.3) is 10.0 Å². The van der Waals surface area contributed by atoms with Crippen molar-refractivity contribution in [2.75, 3.05) is 4.72 Å². The molecule has 1 aromatic heterocycles. The number of alkyl halides is 3. The third-order valence-corrected chi connectivity index (χ3v) is 5.55. The van der Waals surface area contributed by atoms with Gasteiger partial charge in [0.1, 0.15) is 5.52 Å². The molecule has 9 heteroatoms.